The lowest BCUT2D eigenvalue weighted by Crippen LogP contribution is -2.30. The van der Waals surface area contributed by atoms with Gasteiger partial charge in [-0.25, -0.2) is 0 Å². The van der Waals surface area contributed by atoms with E-state index in [9.17, 15) is 9.59 Å². The van der Waals surface area contributed by atoms with Gasteiger partial charge >= 0.3 is 5.97 Å². The van der Waals surface area contributed by atoms with Crippen LogP contribution >= 0.6 is 0 Å². The van der Waals surface area contributed by atoms with Gasteiger partial charge in [0.25, 0.3) is 5.91 Å². The molecule has 2 rings (SSSR count). The molecule has 0 aliphatic heterocycles. The summed E-state index contributed by atoms with van der Waals surface area (Å²) >= 11 is 0. The van der Waals surface area contributed by atoms with Gasteiger partial charge in [0.1, 0.15) is 17.9 Å². The first-order valence-corrected chi connectivity index (χ1v) is 7.02. The van der Waals surface area contributed by atoms with E-state index in [1.807, 2.05) is 24.3 Å². The molecule has 5 nitrogen and oxygen atoms in total. The van der Waals surface area contributed by atoms with Crippen molar-refractivity contribution in [3.63, 3.8) is 0 Å². The fraction of sp³-hybridized carbons (Fsp3) is 0.375. The third-order valence-electron chi connectivity index (χ3n) is 3.27. The second-order valence-corrected chi connectivity index (χ2v) is 4.76. The quantitative estimate of drug-likeness (QED) is 0.830. The summed E-state index contributed by atoms with van der Waals surface area (Å²) in [4.78, 5) is 23.5. The zero-order chi connectivity index (χ0) is 15.2. The number of unbranched alkanes of at least 4 members (excludes halogenated alkanes) is 1. The molecule has 0 radical (unpaired) electrons. The van der Waals surface area contributed by atoms with Crippen molar-refractivity contribution >= 4 is 22.8 Å². The van der Waals surface area contributed by atoms with Crippen LogP contribution in [-0.2, 0) is 16.0 Å². The number of benzene rings is 1. The van der Waals surface area contributed by atoms with Gasteiger partial charge in [0.15, 0.2) is 0 Å². The lowest BCUT2D eigenvalue weighted by Gasteiger charge is -2.04. The van der Waals surface area contributed by atoms with Crippen molar-refractivity contribution in [3.8, 4) is 0 Å². The summed E-state index contributed by atoms with van der Waals surface area (Å²) < 4.78 is 10.3. The molecule has 1 N–H and O–H groups in total. The number of esters is 1. The number of furan rings is 1. The number of fused-ring (bicyclic) bond motifs is 1. The normalized spacial score (nSPS) is 10.6. The molecule has 0 fully saturated rings. The molecule has 0 spiro atoms. The van der Waals surface area contributed by atoms with Gasteiger partial charge in [-0.1, -0.05) is 31.5 Å². The molecule has 0 saturated carbocycles. The van der Waals surface area contributed by atoms with Gasteiger partial charge < -0.3 is 14.5 Å². The van der Waals surface area contributed by atoms with Crippen LogP contribution in [0.5, 0.6) is 0 Å². The van der Waals surface area contributed by atoms with Crippen molar-refractivity contribution in [3.05, 3.63) is 35.6 Å². The van der Waals surface area contributed by atoms with E-state index in [0.29, 0.717) is 23.3 Å². The predicted octanol–water partition coefficient (Wildman–Crippen LogP) is 2.68. The Morgan fingerprint density at radius 1 is 1.29 bits per heavy atom. The minimum absolute atomic E-state index is 0.151. The Balaban J connectivity index is 2.30. The zero-order valence-corrected chi connectivity index (χ0v) is 12.3. The number of rotatable bonds is 6. The molecular formula is C16H19NO4. The summed E-state index contributed by atoms with van der Waals surface area (Å²) in [6, 6.07) is 7.41. The summed E-state index contributed by atoms with van der Waals surface area (Å²) in [6.45, 7) is 1.93. The monoisotopic (exact) mass is 289 g/mol. The van der Waals surface area contributed by atoms with Gasteiger partial charge in [-0.15, -0.1) is 0 Å². The topological polar surface area (TPSA) is 68.5 Å². The van der Waals surface area contributed by atoms with Crippen LogP contribution in [0, 0.1) is 0 Å². The van der Waals surface area contributed by atoms with Crippen LogP contribution < -0.4 is 5.32 Å². The lowest BCUT2D eigenvalue weighted by molar-refractivity contribution is -0.139. The molecule has 1 amide bonds. The van der Waals surface area contributed by atoms with Crippen LogP contribution in [0.1, 0.15) is 35.9 Å². The standard InChI is InChI=1S/C16H19NO4/c1-3-4-8-13-15(16(19)17-10-14(18)20-2)11-7-5-6-9-12(11)21-13/h5-7,9H,3-4,8,10H2,1-2H3,(H,17,19). The highest BCUT2D eigenvalue weighted by molar-refractivity contribution is 6.07. The first-order chi connectivity index (χ1) is 10.2. The van der Waals surface area contributed by atoms with Crippen LogP contribution in [0.25, 0.3) is 11.0 Å². The largest absolute Gasteiger partial charge is 0.468 e. The Morgan fingerprint density at radius 2 is 2.05 bits per heavy atom. The zero-order valence-electron chi connectivity index (χ0n) is 12.3. The predicted molar refractivity (Wildman–Crippen MR) is 79.2 cm³/mol. The van der Waals surface area contributed by atoms with Crippen LogP contribution in [0.2, 0.25) is 0 Å². The Hall–Kier alpha value is -2.30. The molecule has 0 aliphatic carbocycles. The molecule has 1 aromatic carbocycles. The second-order valence-electron chi connectivity index (χ2n) is 4.76. The third-order valence-corrected chi connectivity index (χ3v) is 3.27. The Bertz CT molecular complexity index is 645. The van der Waals surface area contributed by atoms with Gasteiger partial charge in [-0.3, -0.25) is 9.59 Å². The van der Waals surface area contributed by atoms with Gasteiger partial charge in [0.05, 0.1) is 12.7 Å². The number of hydrogen-bond donors (Lipinski definition) is 1. The number of carbonyl (C=O) groups is 2. The molecule has 5 heteroatoms. The molecule has 0 aliphatic rings. The Kier molecular flexibility index (Phi) is 4.98. The van der Waals surface area contributed by atoms with E-state index < -0.39 is 5.97 Å². The number of amides is 1. The van der Waals surface area contributed by atoms with Gasteiger partial charge in [-0.05, 0) is 12.5 Å². The highest BCUT2D eigenvalue weighted by atomic mass is 16.5. The maximum absolute atomic E-state index is 12.3. The fourth-order valence-electron chi connectivity index (χ4n) is 2.17. The fourth-order valence-corrected chi connectivity index (χ4v) is 2.17. The van der Waals surface area contributed by atoms with Crippen molar-refractivity contribution in [1.82, 2.24) is 5.32 Å². The Morgan fingerprint density at radius 3 is 2.76 bits per heavy atom. The molecule has 1 aromatic heterocycles. The van der Waals surface area contributed by atoms with Crippen LogP contribution in [0.15, 0.2) is 28.7 Å². The molecule has 0 atom stereocenters. The molecule has 21 heavy (non-hydrogen) atoms. The lowest BCUT2D eigenvalue weighted by atomic mass is 10.1. The minimum Gasteiger partial charge on any atom is -0.468 e. The summed E-state index contributed by atoms with van der Waals surface area (Å²) in [5.41, 5.74) is 1.20. The number of para-hydroxylation sites is 1. The van der Waals surface area contributed by atoms with Crippen molar-refractivity contribution in [2.75, 3.05) is 13.7 Å². The van der Waals surface area contributed by atoms with Crippen LogP contribution in [-0.4, -0.2) is 25.5 Å². The van der Waals surface area contributed by atoms with Crippen molar-refractivity contribution in [1.29, 1.82) is 0 Å². The van der Waals surface area contributed by atoms with Gasteiger partial charge in [0, 0.05) is 11.8 Å². The molecule has 2 aromatic rings. The molecule has 1 heterocycles. The number of nitrogens with one attached hydrogen (secondary N) is 1. The number of ether oxygens (including phenoxy) is 1. The van der Waals surface area contributed by atoms with E-state index in [1.54, 1.807) is 0 Å². The Labute approximate surface area is 123 Å². The van der Waals surface area contributed by atoms with Crippen molar-refractivity contribution < 1.29 is 18.7 Å². The minimum atomic E-state index is -0.480. The summed E-state index contributed by atoms with van der Waals surface area (Å²) in [6.07, 6.45) is 2.66. The van der Waals surface area contributed by atoms with Gasteiger partial charge in [0.2, 0.25) is 0 Å². The summed E-state index contributed by atoms with van der Waals surface area (Å²) in [7, 11) is 1.29. The first-order valence-electron chi connectivity index (χ1n) is 7.02. The highest BCUT2D eigenvalue weighted by Gasteiger charge is 2.20. The number of carbonyl (C=O) groups excluding carboxylic acids is 2. The smallest absolute Gasteiger partial charge is 0.325 e. The maximum atomic E-state index is 12.3. The SMILES string of the molecule is CCCCc1oc2ccccc2c1C(=O)NCC(=O)OC. The third kappa shape index (κ3) is 3.42. The molecule has 0 unspecified atom stereocenters. The average molecular weight is 289 g/mol. The molecule has 112 valence electrons. The van der Waals surface area contributed by atoms with Crippen LogP contribution in [0.4, 0.5) is 0 Å². The van der Waals surface area contributed by atoms with E-state index in [2.05, 4.69) is 17.0 Å². The molecule has 0 bridgehead atoms. The summed E-state index contributed by atoms with van der Waals surface area (Å²) in [5.74, 6) is -0.122. The second kappa shape index (κ2) is 6.92. The van der Waals surface area contributed by atoms with E-state index in [1.165, 1.54) is 7.11 Å². The average Bonchev–Trinajstić information content (AvgIpc) is 2.88. The maximum Gasteiger partial charge on any atom is 0.325 e. The number of hydrogen-bond acceptors (Lipinski definition) is 4. The van der Waals surface area contributed by atoms with E-state index in [-0.39, 0.29) is 12.5 Å². The van der Waals surface area contributed by atoms with Crippen LogP contribution in [0.3, 0.4) is 0 Å². The summed E-state index contributed by atoms with van der Waals surface area (Å²) in [5, 5.41) is 3.34. The van der Waals surface area contributed by atoms with E-state index in [0.717, 1.165) is 18.2 Å². The van der Waals surface area contributed by atoms with Crippen molar-refractivity contribution in [2.45, 2.75) is 26.2 Å². The van der Waals surface area contributed by atoms with Crippen molar-refractivity contribution in [2.24, 2.45) is 0 Å². The van der Waals surface area contributed by atoms with Gasteiger partial charge in [-0.2, -0.15) is 0 Å². The van der Waals surface area contributed by atoms with E-state index >= 15 is 0 Å². The molecular weight excluding hydrogens is 270 g/mol. The number of methoxy groups -OCH3 is 1. The first kappa shape index (κ1) is 15.1. The number of aryl methyl sites for hydroxylation is 1. The van der Waals surface area contributed by atoms with E-state index in [4.69, 9.17) is 4.42 Å². The highest BCUT2D eigenvalue weighted by Crippen LogP contribution is 2.27. The molecule has 0 saturated heterocycles.